The number of ketones is 1. The number of hydrogen-bond acceptors (Lipinski definition) is 4. The summed E-state index contributed by atoms with van der Waals surface area (Å²) in [5.41, 5.74) is 8.69. The molecule has 1 saturated heterocycles. The van der Waals surface area contributed by atoms with Gasteiger partial charge in [0.2, 0.25) is 5.91 Å². The van der Waals surface area contributed by atoms with E-state index in [2.05, 4.69) is 23.1 Å². The SMILES string of the molecule is Cl.Cl.NCCN(CC(=O)N1CCC2(CC1)Cc1ccccc1C2=O)Cc1ccccc1. The number of fused-ring (bicyclic) bond motifs is 1. The molecule has 2 aliphatic rings. The molecule has 1 amide bonds. The zero-order valence-corrected chi connectivity index (χ0v) is 19.3. The second-order valence-electron chi connectivity index (χ2n) is 8.31. The van der Waals surface area contributed by atoms with E-state index in [0.717, 1.165) is 36.9 Å². The van der Waals surface area contributed by atoms with Gasteiger partial charge in [0, 0.05) is 43.7 Å². The third kappa shape index (κ3) is 5.47. The molecule has 4 rings (SSSR count). The number of benzene rings is 2. The number of carbonyl (C=O) groups excluding carboxylic acids is 2. The maximum Gasteiger partial charge on any atom is 0.236 e. The van der Waals surface area contributed by atoms with Crippen molar-refractivity contribution in [3.05, 3.63) is 71.3 Å². The summed E-state index contributed by atoms with van der Waals surface area (Å²) >= 11 is 0. The second-order valence-corrected chi connectivity index (χ2v) is 8.31. The van der Waals surface area contributed by atoms with Crippen molar-refractivity contribution in [2.45, 2.75) is 25.8 Å². The van der Waals surface area contributed by atoms with E-state index < -0.39 is 0 Å². The second kappa shape index (κ2) is 11.1. The van der Waals surface area contributed by atoms with E-state index in [1.807, 2.05) is 41.3 Å². The number of Topliss-reactive ketones (excluding diaryl/α,β-unsaturated/α-hetero) is 1. The van der Waals surface area contributed by atoms with Gasteiger partial charge < -0.3 is 10.6 Å². The van der Waals surface area contributed by atoms with Gasteiger partial charge in [0.15, 0.2) is 5.78 Å². The molecular formula is C24H31Cl2N3O2. The minimum absolute atomic E-state index is 0. The summed E-state index contributed by atoms with van der Waals surface area (Å²) in [5.74, 6) is 0.404. The lowest BCUT2D eigenvalue weighted by Crippen LogP contribution is -2.49. The Kier molecular flexibility index (Phi) is 9.07. The van der Waals surface area contributed by atoms with Crippen LogP contribution in [0, 0.1) is 5.41 Å². The Labute approximate surface area is 196 Å². The molecule has 2 aromatic carbocycles. The molecule has 1 fully saturated rings. The summed E-state index contributed by atoms with van der Waals surface area (Å²) < 4.78 is 0. The number of nitrogens with zero attached hydrogens (tertiary/aromatic N) is 2. The molecular weight excluding hydrogens is 433 g/mol. The van der Waals surface area contributed by atoms with Crippen molar-refractivity contribution in [2.24, 2.45) is 11.1 Å². The van der Waals surface area contributed by atoms with Crippen LogP contribution in [0.1, 0.15) is 34.3 Å². The molecule has 1 spiro atoms. The fraction of sp³-hybridized carbons (Fsp3) is 0.417. The van der Waals surface area contributed by atoms with Gasteiger partial charge in [0.1, 0.15) is 0 Å². The van der Waals surface area contributed by atoms with Crippen LogP contribution in [0.5, 0.6) is 0 Å². The maximum absolute atomic E-state index is 13.0. The van der Waals surface area contributed by atoms with Crippen LogP contribution < -0.4 is 5.73 Å². The Bertz CT molecular complexity index is 883. The summed E-state index contributed by atoms with van der Waals surface area (Å²) in [6.07, 6.45) is 2.32. The molecule has 0 atom stereocenters. The predicted molar refractivity (Wildman–Crippen MR) is 128 cm³/mol. The van der Waals surface area contributed by atoms with Gasteiger partial charge in [-0.2, -0.15) is 0 Å². The molecule has 2 aromatic rings. The maximum atomic E-state index is 13.0. The van der Waals surface area contributed by atoms with Gasteiger partial charge in [-0.15, -0.1) is 24.8 Å². The highest BCUT2D eigenvalue weighted by Crippen LogP contribution is 2.44. The van der Waals surface area contributed by atoms with Gasteiger partial charge in [0.05, 0.1) is 6.54 Å². The highest BCUT2D eigenvalue weighted by atomic mass is 35.5. The van der Waals surface area contributed by atoms with Crippen LogP contribution in [0.2, 0.25) is 0 Å². The average Bonchev–Trinajstić information content (AvgIpc) is 3.01. The van der Waals surface area contributed by atoms with Crippen molar-refractivity contribution in [3.8, 4) is 0 Å². The van der Waals surface area contributed by atoms with Gasteiger partial charge in [-0.25, -0.2) is 0 Å². The number of likely N-dealkylation sites (tertiary alicyclic amines) is 1. The first-order valence-corrected chi connectivity index (χ1v) is 10.5. The zero-order valence-electron chi connectivity index (χ0n) is 17.7. The van der Waals surface area contributed by atoms with Gasteiger partial charge in [-0.05, 0) is 30.4 Å². The Morgan fingerprint density at radius 1 is 1.00 bits per heavy atom. The number of hydrogen-bond donors (Lipinski definition) is 1. The molecule has 5 nitrogen and oxygen atoms in total. The molecule has 1 aliphatic carbocycles. The first kappa shape index (κ1) is 25.3. The third-order valence-corrected chi connectivity index (χ3v) is 6.40. The lowest BCUT2D eigenvalue weighted by atomic mass is 9.75. The Morgan fingerprint density at radius 2 is 1.65 bits per heavy atom. The first-order chi connectivity index (χ1) is 14.1. The average molecular weight is 464 g/mol. The summed E-state index contributed by atoms with van der Waals surface area (Å²) in [5, 5.41) is 0. The number of halogens is 2. The van der Waals surface area contributed by atoms with E-state index in [1.165, 1.54) is 5.56 Å². The van der Waals surface area contributed by atoms with Gasteiger partial charge >= 0.3 is 0 Å². The van der Waals surface area contributed by atoms with Gasteiger partial charge in [-0.3, -0.25) is 14.5 Å². The number of nitrogens with two attached hydrogens (primary N) is 1. The minimum Gasteiger partial charge on any atom is -0.342 e. The summed E-state index contributed by atoms with van der Waals surface area (Å²) in [6.45, 7) is 3.60. The van der Waals surface area contributed by atoms with Gasteiger partial charge in [0.25, 0.3) is 0 Å². The predicted octanol–water partition coefficient (Wildman–Crippen LogP) is 3.34. The lowest BCUT2D eigenvalue weighted by Gasteiger charge is -2.39. The van der Waals surface area contributed by atoms with Gasteiger partial charge in [-0.1, -0.05) is 54.6 Å². The molecule has 0 unspecified atom stereocenters. The Morgan fingerprint density at radius 3 is 2.29 bits per heavy atom. The van der Waals surface area contributed by atoms with Crippen molar-refractivity contribution in [1.82, 2.24) is 9.80 Å². The van der Waals surface area contributed by atoms with Crippen molar-refractivity contribution in [2.75, 3.05) is 32.7 Å². The smallest absolute Gasteiger partial charge is 0.236 e. The van der Waals surface area contributed by atoms with Crippen LogP contribution >= 0.6 is 24.8 Å². The molecule has 168 valence electrons. The van der Waals surface area contributed by atoms with Crippen LogP contribution in [0.25, 0.3) is 0 Å². The largest absolute Gasteiger partial charge is 0.342 e. The fourth-order valence-corrected chi connectivity index (χ4v) is 4.74. The Hall–Kier alpha value is -1.92. The number of piperidine rings is 1. The number of carbonyl (C=O) groups is 2. The van der Waals surface area contributed by atoms with E-state index >= 15 is 0 Å². The molecule has 1 aliphatic heterocycles. The van der Waals surface area contributed by atoms with E-state index in [4.69, 9.17) is 5.73 Å². The minimum atomic E-state index is -0.304. The molecule has 7 heteroatoms. The quantitative estimate of drug-likeness (QED) is 0.712. The fourth-order valence-electron chi connectivity index (χ4n) is 4.74. The van der Waals surface area contributed by atoms with E-state index in [1.54, 1.807) is 0 Å². The molecule has 2 N–H and O–H groups in total. The summed E-state index contributed by atoms with van der Waals surface area (Å²) in [4.78, 5) is 30.0. The Balaban J connectivity index is 0.00000171. The summed E-state index contributed by atoms with van der Waals surface area (Å²) in [6, 6.07) is 18.1. The van der Waals surface area contributed by atoms with E-state index in [9.17, 15) is 9.59 Å². The molecule has 1 heterocycles. The van der Waals surface area contributed by atoms with Crippen molar-refractivity contribution in [3.63, 3.8) is 0 Å². The molecule has 0 radical (unpaired) electrons. The van der Waals surface area contributed by atoms with Crippen LogP contribution in [-0.2, 0) is 17.8 Å². The van der Waals surface area contributed by atoms with Crippen molar-refractivity contribution in [1.29, 1.82) is 0 Å². The molecule has 0 saturated carbocycles. The molecule has 0 bridgehead atoms. The standard InChI is InChI=1S/C24H29N3O2.2ClH/c25-12-15-26(17-19-6-2-1-3-7-19)18-22(28)27-13-10-24(11-14-27)16-20-8-4-5-9-21(20)23(24)29;;/h1-9H,10-18,25H2;2*1H. The zero-order chi connectivity index (χ0) is 20.3. The highest BCUT2D eigenvalue weighted by molar-refractivity contribution is 6.05. The molecule has 0 aromatic heterocycles. The van der Waals surface area contributed by atoms with Crippen LogP contribution in [0.15, 0.2) is 54.6 Å². The summed E-state index contributed by atoms with van der Waals surface area (Å²) in [7, 11) is 0. The highest BCUT2D eigenvalue weighted by Gasteiger charge is 2.47. The topological polar surface area (TPSA) is 66.6 Å². The van der Waals surface area contributed by atoms with Crippen molar-refractivity contribution < 1.29 is 9.59 Å². The monoisotopic (exact) mass is 463 g/mol. The number of rotatable bonds is 6. The van der Waals surface area contributed by atoms with Crippen LogP contribution in [0.4, 0.5) is 0 Å². The van der Waals surface area contributed by atoms with E-state index in [-0.39, 0.29) is 41.9 Å². The van der Waals surface area contributed by atoms with Crippen LogP contribution in [0.3, 0.4) is 0 Å². The normalized spacial score (nSPS) is 16.6. The van der Waals surface area contributed by atoms with E-state index in [0.29, 0.717) is 32.7 Å². The third-order valence-electron chi connectivity index (χ3n) is 6.40. The molecule has 31 heavy (non-hydrogen) atoms. The lowest BCUT2D eigenvalue weighted by molar-refractivity contribution is -0.134. The first-order valence-electron chi connectivity index (χ1n) is 10.5. The van der Waals surface area contributed by atoms with Crippen molar-refractivity contribution >= 4 is 36.5 Å². The number of amides is 1. The van der Waals surface area contributed by atoms with Crippen LogP contribution in [-0.4, -0.2) is 54.2 Å².